The highest BCUT2D eigenvalue weighted by atomic mass is 16.6. The average Bonchev–Trinajstić information content (AvgIpc) is 2.74. The van der Waals surface area contributed by atoms with Gasteiger partial charge in [-0.2, -0.15) is 0 Å². The van der Waals surface area contributed by atoms with Crippen LogP contribution in [0.1, 0.15) is 58.1 Å². The van der Waals surface area contributed by atoms with Crippen LogP contribution in [0.15, 0.2) is 59.5 Å². The molecular formula is C25H32N2O4. The lowest BCUT2D eigenvalue weighted by molar-refractivity contribution is -0.00508. The number of hydrogen-bond acceptors (Lipinski definition) is 6. The summed E-state index contributed by atoms with van der Waals surface area (Å²) in [6.07, 6.45) is 5.29. The molecule has 1 aliphatic rings. The van der Waals surface area contributed by atoms with Crippen molar-refractivity contribution in [3.8, 4) is 11.8 Å². The minimum absolute atomic E-state index is 0.0239. The van der Waals surface area contributed by atoms with E-state index in [2.05, 4.69) is 23.8 Å². The minimum atomic E-state index is -0.929. The molecule has 166 valence electrons. The first-order chi connectivity index (χ1) is 14.8. The molecule has 0 aliphatic heterocycles. The highest BCUT2D eigenvalue weighted by molar-refractivity contribution is 5.42. The largest absolute Gasteiger partial charge is 0.508 e. The molecule has 1 N–H and O–H groups in total. The van der Waals surface area contributed by atoms with E-state index >= 15 is 0 Å². The Morgan fingerprint density at radius 2 is 1.58 bits per heavy atom. The highest BCUT2D eigenvalue weighted by Gasteiger charge is 2.43. The van der Waals surface area contributed by atoms with Crippen molar-refractivity contribution in [3.63, 3.8) is 0 Å². The van der Waals surface area contributed by atoms with Gasteiger partial charge in [0.25, 0.3) is 0 Å². The maximum absolute atomic E-state index is 11.0. The van der Waals surface area contributed by atoms with Crippen molar-refractivity contribution in [3.05, 3.63) is 70.6 Å². The van der Waals surface area contributed by atoms with E-state index in [1.807, 2.05) is 52.0 Å². The second kappa shape index (κ2) is 9.41. The zero-order valence-electron chi connectivity index (χ0n) is 19.2. The molecule has 1 unspecified atom stereocenters. The summed E-state index contributed by atoms with van der Waals surface area (Å²) in [7, 11) is 0. The average molecular weight is 425 g/mol. The Labute approximate surface area is 184 Å². The summed E-state index contributed by atoms with van der Waals surface area (Å²) < 4.78 is 18.9. The van der Waals surface area contributed by atoms with Gasteiger partial charge in [-0.3, -0.25) is 0 Å². The summed E-state index contributed by atoms with van der Waals surface area (Å²) in [4.78, 5) is 8.68. The summed E-state index contributed by atoms with van der Waals surface area (Å²) in [6, 6.07) is 7.58. The normalized spacial score (nSPS) is 19.1. The molecule has 1 atom stereocenters. The first-order valence-corrected chi connectivity index (χ1v) is 10.8. The Morgan fingerprint density at radius 1 is 1.00 bits per heavy atom. The van der Waals surface area contributed by atoms with Gasteiger partial charge in [0, 0.05) is 29.1 Å². The van der Waals surface area contributed by atoms with Crippen LogP contribution in [0.4, 0.5) is 0 Å². The first kappa shape index (κ1) is 22.7. The number of hydrogen-bond donors (Lipinski definition) is 1. The van der Waals surface area contributed by atoms with E-state index in [0.29, 0.717) is 28.9 Å². The van der Waals surface area contributed by atoms with Gasteiger partial charge in [-0.15, -0.1) is 0 Å². The van der Waals surface area contributed by atoms with Gasteiger partial charge in [0.2, 0.25) is 11.8 Å². The van der Waals surface area contributed by atoms with Gasteiger partial charge in [0.1, 0.15) is 11.5 Å². The zero-order chi connectivity index (χ0) is 22.6. The Bertz CT molecular complexity index is 995. The molecule has 0 saturated heterocycles. The molecule has 0 saturated carbocycles. The fraction of sp³-hybridized carbons (Fsp3) is 0.440. The van der Waals surface area contributed by atoms with Crippen LogP contribution >= 0.6 is 0 Å². The molecule has 3 rings (SSSR count). The van der Waals surface area contributed by atoms with Crippen molar-refractivity contribution < 1.29 is 19.3 Å². The number of pyridine rings is 2. The quantitative estimate of drug-likeness (QED) is 0.563. The number of aromatic nitrogens is 2. The van der Waals surface area contributed by atoms with Gasteiger partial charge in [0.15, 0.2) is 11.4 Å². The Balaban J connectivity index is 2.04. The molecule has 1 aliphatic carbocycles. The molecule has 0 spiro atoms. The third kappa shape index (κ3) is 4.84. The predicted octanol–water partition coefficient (Wildman–Crippen LogP) is 5.96. The lowest BCUT2D eigenvalue weighted by Crippen LogP contribution is -2.42. The van der Waals surface area contributed by atoms with E-state index in [4.69, 9.17) is 14.2 Å². The van der Waals surface area contributed by atoms with E-state index in [9.17, 15) is 5.11 Å². The Kier molecular flexibility index (Phi) is 6.88. The van der Waals surface area contributed by atoms with Crippen LogP contribution in [0.2, 0.25) is 0 Å². The maximum Gasteiger partial charge on any atom is 0.222 e. The lowest BCUT2D eigenvalue weighted by atomic mass is 9.88. The van der Waals surface area contributed by atoms with Gasteiger partial charge in [-0.05, 0) is 52.7 Å². The van der Waals surface area contributed by atoms with Crippen molar-refractivity contribution in [2.45, 2.75) is 72.5 Å². The van der Waals surface area contributed by atoms with E-state index < -0.39 is 5.60 Å². The zero-order valence-corrected chi connectivity index (χ0v) is 19.2. The molecule has 31 heavy (non-hydrogen) atoms. The number of aliphatic hydroxyl groups excluding tert-OH is 1. The Morgan fingerprint density at radius 3 is 2.13 bits per heavy atom. The number of aryl methyl sites for hydroxylation is 2. The molecule has 2 heterocycles. The van der Waals surface area contributed by atoms with Gasteiger partial charge in [-0.1, -0.05) is 26.0 Å². The second-order valence-electron chi connectivity index (χ2n) is 8.15. The highest BCUT2D eigenvalue weighted by Crippen LogP contribution is 2.42. The first-order valence-electron chi connectivity index (χ1n) is 10.8. The molecule has 0 fully saturated rings. The second-order valence-corrected chi connectivity index (χ2v) is 8.15. The smallest absolute Gasteiger partial charge is 0.222 e. The van der Waals surface area contributed by atoms with Crippen molar-refractivity contribution in [2.24, 2.45) is 0 Å². The number of allylic oxidation sites excluding steroid dienone is 1. The predicted molar refractivity (Wildman–Crippen MR) is 120 cm³/mol. The van der Waals surface area contributed by atoms with Crippen LogP contribution in [-0.4, -0.2) is 26.8 Å². The third-order valence-electron chi connectivity index (χ3n) is 5.57. The summed E-state index contributed by atoms with van der Waals surface area (Å²) in [6.45, 7) is 11.8. The minimum Gasteiger partial charge on any atom is -0.508 e. The van der Waals surface area contributed by atoms with Gasteiger partial charge >= 0.3 is 0 Å². The monoisotopic (exact) mass is 424 g/mol. The van der Waals surface area contributed by atoms with Crippen molar-refractivity contribution in [1.29, 1.82) is 0 Å². The van der Waals surface area contributed by atoms with Crippen LogP contribution in [-0.2, 0) is 4.74 Å². The SMILES string of the molecule is CCC(CC)OC1=C(C)C(Oc2ncccc2C)=C(O)CC1(C)Oc1ncccc1C. The standard InChI is InChI=1S/C25H32N2O4/c1-7-19(8-2)29-22-18(5)21(30-23-16(3)11-9-13-26-23)20(28)15-25(22,6)31-24-17(4)12-10-14-27-24/h9-14,19,28H,7-8,15H2,1-6H3. The van der Waals surface area contributed by atoms with E-state index in [1.165, 1.54) is 0 Å². The molecule has 0 aromatic carbocycles. The number of rotatable bonds is 8. The molecule has 6 nitrogen and oxygen atoms in total. The van der Waals surface area contributed by atoms with Crippen LogP contribution in [0, 0.1) is 13.8 Å². The fourth-order valence-electron chi connectivity index (χ4n) is 3.72. The molecule has 2 aromatic rings. The van der Waals surface area contributed by atoms with E-state index in [0.717, 1.165) is 24.0 Å². The van der Waals surface area contributed by atoms with Crippen LogP contribution in [0.5, 0.6) is 11.8 Å². The molecule has 6 heteroatoms. The Hall–Kier alpha value is -3.02. The van der Waals surface area contributed by atoms with Gasteiger partial charge in [-0.25, -0.2) is 9.97 Å². The van der Waals surface area contributed by atoms with Crippen LogP contribution < -0.4 is 9.47 Å². The topological polar surface area (TPSA) is 73.7 Å². The fourth-order valence-corrected chi connectivity index (χ4v) is 3.72. The van der Waals surface area contributed by atoms with Gasteiger partial charge < -0.3 is 19.3 Å². The lowest BCUT2D eigenvalue weighted by Gasteiger charge is -2.38. The van der Waals surface area contributed by atoms with Crippen LogP contribution in [0.3, 0.4) is 0 Å². The van der Waals surface area contributed by atoms with Crippen molar-refractivity contribution >= 4 is 0 Å². The third-order valence-corrected chi connectivity index (χ3v) is 5.57. The van der Waals surface area contributed by atoms with Gasteiger partial charge in [0.05, 0.1) is 12.5 Å². The molecule has 2 aromatic heterocycles. The number of aliphatic hydroxyl groups is 1. The summed E-state index contributed by atoms with van der Waals surface area (Å²) in [5.41, 5.74) is 1.56. The molecule has 0 radical (unpaired) electrons. The molecule has 0 amide bonds. The van der Waals surface area contributed by atoms with Crippen molar-refractivity contribution in [2.75, 3.05) is 0 Å². The summed E-state index contributed by atoms with van der Waals surface area (Å²) in [5.74, 6) is 2.07. The molecule has 0 bridgehead atoms. The number of ether oxygens (including phenoxy) is 3. The summed E-state index contributed by atoms with van der Waals surface area (Å²) >= 11 is 0. The van der Waals surface area contributed by atoms with Crippen LogP contribution in [0.25, 0.3) is 0 Å². The number of nitrogens with zero attached hydrogens (tertiary/aromatic N) is 2. The maximum atomic E-state index is 11.0. The summed E-state index contributed by atoms with van der Waals surface area (Å²) in [5, 5.41) is 11.0. The van der Waals surface area contributed by atoms with Crippen molar-refractivity contribution in [1.82, 2.24) is 9.97 Å². The van der Waals surface area contributed by atoms with E-state index in [1.54, 1.807) is 12.4 Å². The molecular weight excluding hydrogens is 392 g/mol. The van der Waals surface area contributed by atoms with E-state index in [-0.39, 0.29) is 18.3 Å².